The number of furan rings is 1. The van der Waals surface area contributed by atoms with Crippen molar-refractivity contribution in [1.82, 2.24) is 0 Å². The molecule has 306 valence electrons. The third-order valence-electron chi connectivity index (χ3n) is 14.2. The van der Waals surface area contributed by atoms with Gasteiger partial charge in [-0.25, -0.2) is 0 Å². The van der Waals surface area contributed by atoms with Gasteiger partial charge in [0.15, 0.2) is 0 Å². The average molecular weight is 837 g/mol. The molecular formula is C65H40O. The van der Waals surface area contributed by atoms with E-state index in [1.165, 1.54) is 116 Å². The highest BCUT2D eigenvalue weighted by molar-refractivity contribution is 6.36. The molecule has 1 aromatic heterocycles. The minimum Gasteiger partial charge on any atom is -0.455 e. The van der Waals surface area contributed by atoms with Crippen LogP contribution in [-0.2, 0) is 6.42 Å². The zero-order valence-corrected chi connectivity index (χ0v) is 36.1. The van der Waals surface area contributed by atoms with Gasteiger partial charge in [-0.1, -0.05) is 164 Å². The van der Waals surface area contributed by atoms with Crippen molar-refractivity contribution in [2.45, 2.75) is 6.42 Å². The average Bonchev–Trinajstić information content (AvgIpc) is 3.97. The smallest absolute Gasteiger partial charge is 0.143 e. The molecule has 0 unspecified atom stereocenters. The lowest BCUT2D eigenvalue weighted by Gasteiger charge is -2.22. The van der Waals surface area contributed by atoms with Crippen molar-refractivity contribution in [2.75, 3.05) is 0 Å². The zero-order valence-electron chi connectivity index (χ0n) is 36.1. The van der Waals surface area contributed by atoms with Crippen molar-refractivity contribution < 1.29 is 4.42 Å². The maximum Gasteiger partial charge on any atom is 0.143 e. The Morgan fingerprint density at radius 2 is 0.682 bits per heavy atom. The fourth-order valence-corrected chi connectivity index (χ4v) is 11.1. The van der Waals surface area contributed by atoms with Gasteiger partial charge in [0.2, 0.25) is 0 Å². The highest BCUT2D eigenvalue weighted by atomic mass is 16.3. The molecule has 0 saturated heterocycles. The molecule has 0 amide bonds. The Hall–Kier alpha value is -8.52. The number of rotatable bonds is 6. The topological polar surface area (TPSA) is 13.1 Å². The van der Waals surface area contributed by atoms with Crippen LogP contribution < -0.4 is 0 Å². The van der Waals surface area contributed by atoms with Crippen molar-refractivity contribution >= 4 is 54.3 Å². The van der Waals surface area contributed by atoms with E-state index in [1.807, 2.05) is 0 Å². The molecule has 14 rings (SSSR count). The highest BCUT2D eigenvalue weighted by Crippen LogP contribution is 2.53. The van der Waals surface area contributed by atoms with Gasteiger partial charge in [-0.05, 0) is 184 Å². The summed E-state index contributed by atoms with van der Waals surface area (Å²) in [7, 11) is 0. The third kappa shape index (κ3) is 5.73. The number of benzene rings is 12. The van der Waals surface area contributed by atoms with E-state index in [1.54, 1.807) is 0 Å². The summed E-state index contributed by atoms with van der Waals surface area (Å²) < 4.78 is 7.03. The van der Waals surface area contributed by atoms with Gasteiger partial charge >= 0.3 is 0 Å². The summed E-state index contributed by atoms with van der Waals surface area (Å²) in [6.45, 7) is 0. The van der Waals surface area contributed by atoms with Crippen molar-refractivity contribution in [3.8, 4) is 77.9 Å². The molecule has 1 aliphatic rings. The predicted molar refractivity (Wildman–Crippen MR) is 278 cm³/mol. The van der Waals surface area contributed by atoms with E-state index in [4.69, 9.17) is 4.42 Å². The molecular weight excluding hydrogens is 797 g/mol. The van der Waals surface area contributed by atoms with Gasteiger partial charge in [-0.15, -0.1) is 0 Å². The van der Waals surface area contributed by atoms with E-state index < -0.39 is 0 Å². The van der Waals surface area contributed by atoms with Gasteiger partial charge in [0.05, 0.1) is 0 Å². The summed E-state index contributed by atoms with van der Waals surface area (Å²) in [5.74, 6) is 0. The molecule has 1 heterocycles. The molecule has 12 aromatic carbocycles. The Kier molecular flexibility index (Phi) is 8.11. The summed E-state index contributed by atoms with van der Waals surface area (Å²) >= 11 is 0. The Morgan fingerprint density at radius 1 is 0.258 bits per heavy atom. The first-order valence-corrected chi connectivity index (χ1v) is 22.9. The van der Waals surface area contributed by atoms with Crippen molar-refractivity contribution in [3.63, 3.8) is 0 Å². The molecule has 0 bridgehead atoms. The van der Waals surface area contributed by atoms with Gasteiger partial charge < -0.3 is 4.42 Å². The summed E-state index contributed by atoms with van der Waals surface area (Å²) in [6, 6.07) is 85.1. The monoisotopic (exact) mass is 836 g/mol. The number of hydrogen-bond donors (Lipinski definition) is 0. The lowest BCUT2D eigenvalue weighted by atomic mass is 9.81. The van der Waals surface area contributed by atoms with E-state index in [0.717, 1.165) is 33.7 Å². The van der Waals surface area contributed by atoms with Crippen LogP contribution in [0.15, 0.2) is 235 Å². The zero-order chi connectivity index (χ0) is 43.3. The van der Waals surface area contributed by atoms with E-state index in [-0.39, 0.29) is 0 Å². The molecule has 0 atom stereocenters. The maximum absolute atomic E-state index is 7.03. The summed E-state index contributed by atoms with van der Waals surface area (Å²) in [4.78, 5) is 0. The third-order valence-corrected chi connectivity index (χ3v) is 14.2. The first kappa shape index (κ1) is 36.9. The predicted octanol–water partition coefficient (Wildman–Crippen LogP) is 18.1. The first-order valence-electron chi connectivity index (χ1n) is 22.9. The van der Waals surface area contributed by atoms with Crippen LogP contribution in [0.1, 0.15) is 11.1 Å². The molecule has 0 N–H and O–H groups in total. The molecule has 0 saturated carbocycles. The van der Waals surface area contributed by atoms with E-state index >= 15 is 0 Å². The van der Waals surface area contributed by atoms with Gasteiger partial charge in [0.1, 0.15) is 11.2 Å². The van der Waals surface area contributed by atoms with E-state index in [2.05, 4.69) is 231 Å². The SMILES string of the molecule is c1ccc(-c2cc(-c3ccccc3)cc(-c3cc4c5oc6ccccc6c5cc5c(-c6cc(-c7ccccc7)cc(-c7ccccc7)c6)cc6c7c(cc3c6c54)-c3ccccc3C7)c2)cc1. The molecule has 1 nitrogen and oxygen atoms in total. The fraction of sp³-hybridized carbons (Fsp3) is 0.0154. The van der Waals surface area contributed by atoms with E-state index in [9.17, 15) is 0 Å². The number of fused-ring (bicyclic) bond motifs is 8. The molecule has 1 heteroatoms. The molecule has 0 radical (unpaired) electrons. The van der Waals surface area contributed by atoms with Gasteiger partial charge in [-0.2, -0.15) is 0 Å². The Morgan fingerprint density at radius 3 is 1.24 bits per heavy atom. The fourth-order valence-electron chi connectivity index (χ4n) is 11.1. The van der Waals surface area contributed by atoms with Crippen LogP contribution in [0.3, 0.4) is 0 Å². The molecule has 1 aliphatic carbocycles. The van der Waals surface area contributed by atoms with Crippen LogP contribution in [0.25, 0.3) is 132 Å². The molecule has 66 heavy (non-hydrogen) atoms. The molecule has 13 aromatic rings. The van der Waals surface area contributed by atoms with Crippen LogP contribution in [0, 0.1) is 0 Å². The highest BCUT2D eigenvalue weighted by Gasteiger charge is 2.28. The van der Waals surface area contributed by atoms with Crippen molar-refractivity contribution in [1.29, 1.82) is 0 Å². The van der Waals surface area contributed by atoms with Crippen LogP contribution in [0.4, 0.5) is 0 Å². The second-order valence-electron chi connectivity index (χ2n) is 17.9. The largest absolute Gasteiger partial charge is 0.455 e. The lowest BCUT2D eigenvalue weighted by molar-refractivity contribution is 0.673. The number of hydrogen-bond acceptors (Lipinski definition) is 1. The number of para-hydroxylation sites is 1. The Labute approximate surface area is 382 Å². The molecule has 0 aliphatic heterocycles. The standard InChI is InChI=1S/C65H40O/c1-5-17-40(18-6-1)45-29-46(41-19-7-2-8-20-41)32-49(31-45)53-36-59-55-35-44-25-13-14-26-51(44)56(55)38-57-54(37-61-64(63(57)59)58(53)39-60-52-27-15-16-28-62(52)66-65(60)61)50-33-47(42-21-9-3-10-22-42)30-48(34-50)43-23-11-4-12-24-43/h1-34,36-39H,35H2. The van der Waals surface area contributed by atoms with Gasteiger partial charge in [-0.3, -0.25) is 0 Å². The van der Waals surface area contributed by atoms with Crippen LogP contribution in [-0.4, -0.2) is 0 Å². The van der Waals surface area contributed by atoms with Crippen molar-refractivity contribution in [2.24, 2.45) is 0 Å². The van der Waals surface area contributed by atoms with Crippen LogP contribution in [0.5, 0.6) is 0 Å². The second kappa shape index (κ2) is 14.5. The molecule has 0 fully saturated rings. The maximum atomic E-state index is 7.03. The summed E-state index contributed by atoms with van der Waals surface area (Å²) in [5, 5.41) is 9.73. The first-order chi connectivity index (χ1) is 32.7. The molecule has 0 spiro atoms. The van der Waals surface area contributed by atoms with Gasteiger partial charge in [0, 0.05) is 21.5 Å². The minimum absolute atomic E-state index is 0.884. The Balaban J connectivity index is 1.16. The van der Waals surface area contributed by atoms with Crippen LogP contribution in [0.2, 0.25) is 0 Å². The van der Waals surface area contributed by atoms with Gasteiger partial charge in [0.25, 0.3) is 0 Å². The Bertz CT molecular complexity index is 3920. The van der Waals surface area contributed by atoms with Crippen molar-refractivity contribution in [3.05, 3.63) is 242 Å². The normalized spacial score (nSPS) is 12.2. The summed E-state index contributed by atoms with van der Waals surface area (Å²) in [5.41, 5.74) is 21.6. The lowest BCUT2D eigenvalue weighted by Crippen LogP contribution is -1.96. The van der Waals surface area contributed by atoms with E-state index in [0.29, 0.717) is 0 Å². The summed E-state index contributed by atoms with van der Waals surface area (Å²) in [6.07, 6.45) is 0.884. The minimum atomic E-state index is 0.884. The quantitative estimate of drug-likeness (QED) is 0.152. The second-order valence-corrected chi connectivity index (χ2v) is 17.9. The van der Waals surface area contributed by atoms with Crippen LogP contribution >= 0.6 is 0 Å².